The van der Waals surface area contributed by atoms with Crippen LogP contribution >= 0.6 is 11.3 Å². The van der Waals surface area contributed by atoms with E-state index in [9.17, 15) is 0 Å². The highest BCUT2D eigenvalue weighted by molar-refractivity contribution is 7.13. The average molecular weight is 210 g/mol. The molecule has 2 aromatic heterocycles. The third kappa shape index (κ3) is 1.61. The zero-order valence-corrected chi connectivity index (χ0v) is 8.47. The summed E-state index contributed by atoms with van der Waals surface area (Å²) >= 11 is 1.53. The number of nitrogen functional groups attached to an aromatic ring is 1. The molecule has 0 fully saturated rings. The normalized spacial score (nSPS) is 10.6. The Hall–Kier alpha value is -1.40. The number of aromatic nitrogens is 3. The van der Waals surface area contributed by atoms with Crippen LogP contribution in [0.1, 0.15) is 5.69 Å². The summed E-state index contributed by atoms with van der Waals surface area (Å²) in [4.78, 5) is 4.36. The first kappa shape index (κ1) is 9.17. The number of methoxy groups -OCH3 is 1. The third-order valence-electron chi connectivity index (χ3n) is 1.74. The zero-order chi connectivity index (χ0) is 9.97. The van der Waals surface area contributed by atoms with Gasteiger partial charge in [-0.1, -0.05) is 0 Å². The number of hydrogen-bond donors (Lipinski definition) is 2. The summed E-state index contributed by atoms with van der Waals surface area (Å²) in [6.45, 7) is 0.522. The van der Waals surface area contributed by atoms with Gasteiger partial charge in [-0.2, -0.15) is 5.10 Å². The molecule has 0 saturated carbocycles. The quantitative estimate of drug-likeness (QED) is 0.799. The van der Waals surface area contributed by atoms with Gasteiger partial charge in [0.2, 0.25) is 0 Å². The summed E-state index contributed by atoms with van der Waals surface area (Å²) < 4.78 is 4.98. The van der Waals surface area contributed by atoms with Crippen LogP contribution in [0.25, 0.3) is 10.6 Å². The fourth-order valence-corrected chi connectivity index (χ4v) is 1.94. The minimum atomic E-state index is 0.522. The fourth-order valence-electron chi connectivity index (χ4n) is 1.11. The summed E-state index contributed by atoms with van der Waals surface area (Å²) in [6.07, 6.45) is 1.67. The van der Waals surface area contributed by atoms with Crippen molar-refractivity contribution >= 4 is 17.2 Å². The minimum absolute atomic E-state index is 0.522. The maximum Gasteiger partial charge on any atom is 0.129 e. The molecule has 0 aliphatic heterocycles. The Bertz CT molecular complexity index is 422. The number of nitrogens with zero attached hydrogens (tertiary/aromatic N) is 2. The van der Waals surface area contributed by atoms with Gasteiger partial charge in [0.1, 0.15) is 10.8 Å². The molecule has 2 rings (SSSR count). The first-order valence-electron chi connectivity index (χ1n) is 4.04. The molecule has 0 spiro atoms. The van der Waals surface area contributed by atoms with Gasteiger partial charge >= 0.3 is 0 Å². The minimum Gasteiger partial charge on any atom is -0.383 e. The second kappa shape index (κ2) is 3.77. The van der Waals surface area contributed by atoms with E-state index in [0.717, 1.165) is 16.3 Å². The van der Waals surface area contributed by atoms with Crippen LogP contribution in [0.15, 0.2) is 11.6 Å². The van der Waals surface area contributed by atoms with E-state index in [-0.39, 0.29) is 0 Å². The van der Waals surface area contributed by atoms with E-state index in [1.54, 1.807) is 13.3 Å². The number of thiazole rings is 1. The van der Waals surface area contributed by atoms with Crippen LogP contribution in [-0.2, 0) is 11.3 Å². The Morgan fingerprint density at radius 1 is 1.64 bits per heavy atom. The summed E-state index contributed by atoms with van der Waals surface area (Å²) in [7, 11) is 1.64. The lowest BCUT2D eigenvalue weighted by atomic mass is 10.3. The van der Waals surface area contributed by atoms with E-state index in [4.69, 9.17) is 10.5 Å². The molecule has 0 amide bonds. The Morgan fingerprint density at radius 2 is 2.50 bits per heavy atom. The first-order chi connectivity index (χ1) is 6.81. The Labute approximate surface area is 84.9 Å². The SMILES string of the molecule is COCc1csc(-c2cn[nH]c2N)n1. The Balaban J connectivity index is 2.29. The predicted molar refractivity (Wildman–Crippen MR) is 54.8 cm³/mol. The molecule has 2 heterocycles. The van der Waals surface area contributed by atoms with Crippen LogP contribution in [-0.4, -0.2) is 22.3 Å². The van der Waals surface area contributed by atoms with E-state index in [2.05, 4.69) is 15.2 Å². The summed E-state index contributed by atoms with van der Waals surface area (Å²) in [5.41, 5.74) is 7.43. The van der Waals surface area contributed by atoms with Gasteiger partial charge in [-0.25, -0.2) is 4.98 Å². The molecule has 0 radical (unpaired) electrons. The summed E-state index contributed by atoms with van der Waals surface area (Å²) in [5.74, 6) is 0.545. The van der Waals surface area contributed by atoms with Gasteiger partial charge in [-0.15, -0.1) is 11.3 Å². The lowest BCUT2D eigenvalue weighted by Gasteiger charge is -1.92. The van der Waals surface area contributed by atoms with E-state index < -0.39 is 0 Å². The van der Waals surface area contributed by atoms with Gasteiger partial charge in [-0.05, 0) is 0 Å². The van der Waals surface area contributed by atoms with Crippen LogP contribution < -0.4 is 5.73 Å². The molecular formula is C8H10N4OS. The topological polar surface area (TPSA) is 76.8 Å². The molecule has 5 nitrogen and oxygen atoms in total. The Morgan fingerprint density at radius 3 is 3.14 bits per heavy atom. The van der Waals surface area contributed by atoms with Gasteiger partial charge in [0.25, 0.3) is 0 Å². The maximum absolute atomic E-state index is 5.67. The van der Waals surface area contributed by atoms with Crippen molar-refractivity contribution in [1.29, 1.82) is 0 Å². The third-order valence-corrected chi connectivity index (χ3v) is 2.67. The number of rotatable bonds is 3. The van der Waals surface area contributed by atoms with Crippen molar-refractivity contribution in [2.45, 2.75) is 6.61 Å². The number of nitrogens with one attached hydrogen (secondary N) is 1. The van der Waals surface area contributed by atoms with Crippen LogP contribution in [0.4, 0.5) is 5.82 Å². The smallest absolute Gasteiger partial charge is 0.129 e. The standard InChI is InChI=1S/C8H10N4OS/c1-13-3-5-4-14-8(11-5)6-2-10-12-7(6)9/h2,4H,3H2,1H3,(H3,9,10,12). The molecule has 0 unspecified atom stereocenters. The predicted octanol–water partition coefficient (Wildman–Crippen LogP) is 1.26. The van der Waals surface area contributed by atoms with Crippen molar-refractivity contribution in [3.63, 3.8) is 0 Å². The molecule has 0 bridgehead atoms. The second-order valence-electron chi connectivity index (χ2n) is 2.77. The van der Waals surface area contributed by atoms with Gasteiger partial charge in [0.05, 0.1) is 24.1 Å². The van der Waals surface area contributed by atoms with E-state index in [1.807, 2.05) is 5.38 Å². The molecule has 0 aromatic carbocycles. The van der Waals surface area contributed by atoms with Crippen molar-refractivity contribution in [3.05, 3.63) is 17.3 Å². The molecule has 0 aliphatic rings. The fraction of sp³-hybridized carbons (Fsp3) is 0.250. The van der Waals surface area contributed by atoms with Gasteiger partial charge in [0.15, 0.2) is 0 Å². The number of hydrogen-bond acceptors (Lipinski definition) is 5. The largest absolute Gasteiger partial charge is 0.383 e. The molecule has 2 aromatic rings. The molecule has 6 heteroatoms. The highest BCUT2D eigenvalue weighted by Crippen LogP contribution is 2.26. The molecule has 0 aliphatic carbocycles. The van der Waals surface area contributed by atoms with Gasteiger partial charge in [-0.3, -0.25) is 5.10 Å². The van der Waals surface area contributed by atoms with Crippen LogP contribution in [0, 0.1) is 0 Å². The van der Waals surface area contributed by atoms with Gasteiger partial charge < -0.3 is 10.5 Å². The van der Waals surface area contributed by atoms with Crippen molar-refractivity contribution < 1.29 is 4.74 Å². The lowest BCUT2D eigenvalue weighted by molar-refractivity contribution is 0.182. The van der Waals surface area contributed by atoms with E-state index >= 15 is 0 Å². The lowest BCUT2D eigenvalue weighted by Crippen LogP contribution is -1.89. The molecule has 3 N–H and O–H groups in total. The maximum atomic E-state index is 5.67. The first-order valence-corrected chi connectivity index (χ1v) is 4.92. The summed E-state index contributed by atoms with van der Waals surface area (Å²) in [6, 6.07) is 0. The van der Waals surface area contributed by atoms with Crippen molar-refractivity contribution in [1.82, 2.24) is 15.2 Å². The molecule has 14 heavy (non-hydrogen) atoms. The van der Waals surface area contributed by atoms with E-state index in [1.165, 1.54) is 11.3 Å². The number of H-pyrrole nitrogens is 1. The number of ether oxygens (including phenoxy) is 1. The average Bonchev–Trinajstić information content (AvgIpc) is 2.74. The number of aromatic amines is 1. The van der Waals surface area contributed by atoms with E-state index in [0.29, 0.717) is 12.4 Å². The second-order valence-corrected chi connectivity index (χ2v) is 3.63. The summed E-state index contributed by atoms with van der Waals surface area (Å²) in [5, 5.41) is 9.32. The zero-order valence-electron chi connectivity index (χ0n) is 7.65. The molecular weight excluding hydrogens is 200 g/mol. The monoisotopic (exact) mass is 210 g/mol. The van der Waals surface area contributed by atoms with Crippen LogP contribution in [0.3, 0.4) is 0 Å². The molecule has 0 saturated heterocycles. The highest BCUT2D eigenvalue weighted by Gasteiger charge is 2.09. The highest BCUT2D eigenvalue weighted by atomic mass is 32.1. The van der Waals surface area contributed by atoms with Crippen LogP contribution in [0.2, 0.25) is 0 Å². The van der Waals surface area contributed by atoms with Crippen molar-refractivity contribution in [2.24, 2.45) is 0 Å². The van der Waals surface area contributed by atoms with Crippen LogP contribution in [0.5, 0.6) is 0 Å². The molecule has 74 valence electrons. The molecule has 0 atom stereocenters. The van der Waals surface area contributed by atoms with Gasteiger partial charge in [0, 0.05) is 12.5 Å². The number of anilines is 1. The Kier molecular flexibility index (Phi) is 2.47. The van der Waals surface area contributed by atoms with Crippen molar-refractivity contribution in [2.75, 3.05) is 12.8 Å². The van der Waals surface area contributed by atoms with Crippen molar-refractivity contribution in [3.8, 4) is 10.6 Å². The number of nitrogens with two attached hydrogens (primary N) is 1.